The Morgan fingerprint density at radius 2 is 1.51 bits per heavy atom. The molecule has 0 heterocycles. The molecule has 3 rings (SSSR count). The fraction of sp³-hybridized carbons (Fsp3) is 0.333. The van der Waals surface area contributed by atoms with Crippen LogP contribution in [-0.2, 0) is 32.8 Å². The third kappa shape index (κ3) is 8.34. The number of amides is 2. The van der Waals surface area contributed by atoms with Crippen LogP contribution in [0.3, 0.4) is 0 Å². The maximum absolute atomic E-state index is 14.8. The zero-order chi connectivity index (χ0) is 30.2. The van der Waals surface area contributed by atoms with Crippen LogP contribution in [0.25, 0.3) is 0 Å². The number of hydrogen-bond donors (Lipinski definition) is 1. The minimum absolute atomic E-state index is 0.0583. The number of benzene rings is 3. The second-order valence-corrected chi connectivity index (χ2v) is 12.0. The molecule has 0 aliphatic carbocycles. The maximum Gasteiger partial charge on any atom is 0.304 e. The quantitative estimate of drug-likeness (QED) is 0.326. The molecule has 0 bridgehead atoms. The Hall–Kier alpha value is -3.83. The summed E-state index contributed by atoms with van der Waals surface area (Å²) in [5, 5.41) is 2.92. The van der Waals surface area contributed by atoms with E-state index in [1.165, 1.54) is 49.3 Å². The van der Waals surface area contributed by atoms with Crippen molar-refractivity contribution in [1.29, 1.82) is 0 Å². The fourth-order valence-corrected chi connectivity index (χ4v) is 5.19. The van der Waals surface area contributed by atoms with Crippen LogP contribution >= 0.6 is 0 Å². The van der Waals surface area contributed by atoms with Crippen molar-refractivity contribution in [3.8, 4) is 0 Å². The van der Waals surface area contributed by atoms with Gasteiger partial charge in [-0.2, -0.15) is 12.7 Å². The first-order chi connectivity index (χ1) is 19.4. The van der Waals surface area contributed by atoms with E-state index in [9.17, 15) is 26.8 Å². The van der Waals surface area contributed by atoms with Crippen LogP contribution in [0.2, 0.25) is 0 Å². The first kappa shape index (κ1) is 31.7. The van der Waals surface area contributed by atoms with Gasteiger partial charge in [-0.25, -0.2) is 13.1 Å². The molecule has 0 radical (unpaired) electrons. The topological polar surface area (TPSA) is 90.0 Å². The molecule has 11 heteroatoms. The number of rotatable bonds is 13. The monoisotopic (exact) mass is 586 g/mol. The van der Waals surface area contributed by atoms with Gasteiger partial charge in [-0.15, -0.1) is 0 Å². The Morgan fingerprint density at radius 1 is 0.902 bits per heavy atom. The van der Waals surface area contributed by atoms with Gasteiger partial charge in [0.05, 0.1) is 5.69 Å². The first-order valence-electron chi connectivity index (χ1n) is 13.3. The minimum Gasteiger partial charge on any atom is -0.352 e. The lowest BCUT2D eigenvalue weighted by molar-refractivity contribution is -0.140. The predicted molar refractivity (Wildman–Crippen MR) is 155 cm³/mol. The molecule has 220 valence electrons. The summed E-state index contributed by atoms with van der Waals surface area (Å²) in [6.45, 7) is 2.76. The van der Waals surface area contributed by atoms with E-state index in [4.69, 9.17) is 0 Å². The van der Waals surface area contributed by atoms with Crippen LogP contribution < -0.4 is 9.62 Å². The van der Waals surface area contributed by atoms with Crippen molar-refractivity contribution in [1.82, 2.24) is 14.5 Å². The molecule has 0 aliphatic rings. The highest BCUT2D eigenvalue weighted by atomic mass is 32.2. The second-order valence-electron chi connectivity index (χ2n) is 9.91. The van der Waals surface area contributed by atoms with E-state index in [1.54, 1.807) is 6.07 Å². The minimum atomic E-state index is -4.22. The molecular formula is C30H36F2N4O4S. The molecule has 0 saturated heterocycles. The normalized spacial score (nSPS) is 13.0. The average Bonchev–Trinajstić information content (AvgIpc) is 2.95. The smallest absolute Gasteiger partial charge is 0.304 e. The van der Waals surface area contributed by atoms with E-state index in [0.717, 1.165) is 26.3 Å². The molecule has 3 aromatic carbocycles. The SMILES string of the molecule is CC[C@H](C)NC(=O)[C@@H](Cc1ccccc1)N(Cc1ccccc1F)C(=O)CN(c1ccc(F)cc1)S(=O)(=O)N(C)C. The molecule has 3 aromatic rings. The Bertz CT molecular complexity index is 1420. The Kier molecular flexibility index (Phi) is 11.0. The van der Waals surface area contributed by atoms with Crippen molar-refractivity contribution in [2.45, 2.75) is 45.3 Å². The first-order valence-corrected chi connectivity index (χ1v) is 14.7. The molecular weight excluding hydrogens is 550 g/mol. The summed E-state index contributed by atoms with van der Waals surface area (Å²) in [4.78, 5) is 29.0. The van der Waals surface area contributed by atoms with Crippen LogP contribution in [0.5, 0.6) is 0 Å². The lowest BCUT2D eigenvalue weighted by atomic mass is 10.0. The standard InChI is InChI=1S/C30H36F2N4O4S/c1-5-22(2)33-30(38)28(19-23-11-7-6-8-12-23)35(20-24-13-9-10-14-27(24)32)29(37)21-36(41(39,40)34(3)4)26-17-15-25(31)16-18-26/h6-18,22,28H,5,19-21H2,1-4H3,(H,33,38)/t22-,28+/m0/s1. The van der Waals surface area contributed by atoms with Crippen molar-refractivity contribution in [2.24, 2.45) is 0 Å². The van der Waals surface area contributed by atoms with Crippen LogP contribution in [0, 0.1) is 11.6 Å². The molecule has 2 amide bonds. The average molecular weight is 587 g/mol. The van der Waals surface area contributed by atoms with Crippen molar-refractivity contribution in [2.75, 3.05) is 24.9 Å². The molecule has 1 N–H and O–H groups in total. The number of anilines is 1. The maximum atomic E-state index is 14.8. The summed E-state index contributed by atoms with van der Waals surface area (Å²) in [6.07, 6.45) is 0.755. The summed E-state index contributed by atoms with van der Waals surface area (Å²) in [6, 6.07) is 18.4. The zero-order valence-electron chi connectivity index (χ0n) is 23.6. The van der Waals surface area contributed by atoms with Gasteiger partial charge < -0.3 is 10.2 Å². The summed E-state index contributed by atoms with van der Waals surface area (Å²) in [7, 11) is -1.60. The number of carbonyl (C=O) groups excluding carboxylic acids is 2. The molecule has 0 aliphatic heterocycles. The Balaban J connectivity index is 2.10. The van der Waals surface area contributed by atoms with Crippen molar-refractivity contribution < 1.29 is 26.8 Å². The summed E-state index contributed by atoms with van der Waals surface area (Å²) < 4.78 is 56.9. The predicted octanol–water partition coefficient (Wildman–Crippen LogP) is 4.13. The van der Waals surface area contributed by atoms with Gasteiger partial charge in [0.25, 0.3) is 0 Å². The van der Waals surface area contributed by atoms with Gasteiger partial charge in [-0.1, -0.05) is 55.5 Å². The fourth-order valence-electron chi connectivity index (χ4n) is 4.13. The van der Waals surface area contributed by atoms with Crippen molar-refractivity contribution >= 4 is 27.7 Å². The van der Waals surface area contributed by atoms with Gasteiger partial charge in [0.1, 0.15) is 24.2 Å². The van der Waals surface area contributed by atoms with Gasteiger partial charge >= 0.3 is 10.2 Å². The second kappa shape index (κ2) is 14.2. The third-order valence-corrected chi connectivity index (χ3v) is 8.52. The van der Waals surface area contributed by atoms with Crippen LogP contribution in [0.1, 0.15) is 31.4 Å². The summed E-state index contributed by atoms with van der Waals surface area (Å²) in [5.74, 6) is -2.32. The largest absolute Gasteiger partial charge is 0.352 e. The van der Waals surface area contributed by atoms with E-state index in [2.05, 4.69) is 5.32 Å². The number of nitrogens with zero attached hydrogens (tertiary/aromatic N) is 3. The van der Waals surface area contributed by atoms with E-state index in [-0.39, 0.29) is 30.3 Å². The molecule has 0 aromatic heterocycles. The van der Waals surface area contributed by atoms with Crippen molar-refractivity contribution in [3.63, 3.8) is 0 Å². The lowest BCUT2D eigenvalue weighted by Gasteiger charge is -2.35. The molecule has 8 nitrogen and oxygen atoms in total. The molecule has 0 fully saturated rings. The van der Waals surface area contributed by atoms with Gasteiger partial charge in [0.2, 0.25) is 11.8 Å². The zero-order valence-corrected chi connectivity index (χ0v) is 24.4. The van der Waals surface area contributed by atoms with Crippen LogP contribution in [0.4, 0.5) is 14.5 Å². The van der Waals surface area contributed by atoms with Gasteiger partial charge in [-0.3, -0.25) is 9.59 Å². The summed E-state index contributed by atoms with van der Waals surface area (Å²) in [5.41, 5.74) is 0.987. The number of halogens is 2. The highest BCUT2D eigenvalue weighted by molar-refractivity contribution is 7.90. The van der Waals surface area contributed by atoms with E-state index < -0.39 is 46.2 Å². The molecule has 0 saturated carbocycles. The van der Waals surface area contributed by atoms with Gasteiger partial charge in [-0.05, 0) is 49.2 Å². The highest BCUT2D eigenvalue weighted by Gasteiger charge is 2.35. The van der Waals surface area contributed by atoms with E-state index >= 15 is 0 Å². The highest BCUT2D eigenvalue weighted by Crippen LogP contribution is 2.23. The van der Waals surface area contributed by atoms with Crippen LogP contribution in [0.15, 0.2) is 78.9 Å². The van der Waals surface area contributed by atoms with E-state index in [1.807, 2.05) is 44.2 Å². The number of carbonyl (C=O) groups is 2. The third-order valence-electron chi connectivity index (χ3n) is 6.70. The molecule has 0 spiro atoms. The van der Waals surface area contributed by atoms with E-state index in [0.29, 0.717) is 6.42 Å². The van der Waals surface area contributed by atoms with Gasteiger partial charge in [0, 0.05) is 38.7 Å². The molecule has 2 atom stereocenters. The summed E-state index contributed by atoms with van der Waals surface area (Å²) >= 11 is 0. The number of hydrogen-bond acceptors (Lipinski definition) is 4. The van der Waals surface area contributed by atoms with Crippen LogP contribution in [-0.4, -0.2) is 62.2 Å². The number of nitrogens with one attached hydrogen (secondary N) is 1. The van der Waals surface area contributed by atoms with Gasteiger partial charge in [0.15, 0.2) is 0 Å². The van der Waals surface area contributed by atoms with Crippen molar-refractivity contribution in [3.05, 3.63) is 102 Å². The lowest BCUT2D eigenvalue weighted by Crippen LogP contribution is -2.55. The Labute approximate surface area is 240 Å². The molecule has 41 heavy (non-hydrogen) atoms. The molecule has 0 unspecified atom stereocenters. The Morgan fingerprint density at radius 3 is 2.10 bits per heavy atom.